The van der Waals surface area contributed by atoms with Crippen LogP contribution in [-0.4, -0.2) is 25.0 Å². The molecule has 0 bridgehead atoms. The Balaban J connectivity index is 0.000000210. The van der Waals surface area contributed by atoms with Crippen LogP contribution in [0.4, 0.5) is 0 Å². The Kier molecular flexibility index (Phi) is 11.5. The van der Waals surface area contributed by atoms with Crippen LogP contribution in [0.15, 0.2) is 152 Å². The third-order valence-corrected chi connectivity index (χ3v) is 7.59. The van der Waals surface area contributed by atoms with Crippen LogP contribution < -0.4 is 29.8 Å². The van der Waals surface area contributed by atoms with Crippen LogP contribution in [0, 0.1) is 0 Å². The number of rotatable bonds is 9. The molecule has 11 heteroatoms. The maximum Gasteiger partial charge on any atom is 0.338 e. The SMILES string of the molecule is C=C(C)C(=O)Oc1ccc(-c2cc(=O)c3cc(OC(=O)C(=C)C)ccc3o2)cc1.C=C(C)C(=O)Oc1ccc2oc(-c3ccc(OC)cc3)cc(=O)c2c1. The minimum absolute atomic E-state index is 0.222. The second-order valence-electron chi connectivity index (χ2n) is 12.0. The molecule has 2 heterocycles. The molecule has 272 valence electrons. The number of ether oxygens (including phenoxy) is 4. The molecule has 11 nitrogen and oxygen atoms in total. The lowest BCUT2D eigenvalue weighted by molar-refractivity contribution is -0.130. The summed E-state index contributed by atoms with van der Waals surface area (Å²) in [5.41, 5.74) is 2.48. The van der Waals surface area contributed by atoms with Gasteiger partial charge >= 0.3 is 17.9 Å². The first kappa shape index (κ1) is 38.0. The van der Waals surface area contributed by atoms with Crippen molar-refractivity contribution in [2.45, 2.75) is 20.8 Å². The molecule has 2 aromatic heterocycles. The summed E-state index contributed by atoms with van der Waals surface area (Å²) in [4.78, 5) is 59.8. The number of fused-ring (bicyclic) bond motifs is 2. The van der Waals surface area contributed by atoms with E-state index in [1.54, 1.807) is 75.6 Å². The summed E-state index contributed by atoms with van der Waals surface area (Å²) in [6.07, 6.45) is 0. The van der Waals surface area contributed by atoms with E-state index >= 15 is 0 Å². The van der Waals surface area contributed by atoms with E-state index in [0.717, 1.165) is 11.3 Å². The average molecular weight is 727 g/mol. The van der Waals surface area contributed by atoms with Crippen molar-refractivity contribution in [2.75, 3.05) is 7.11 Å². The van der Waals surface area contributed by atoms with Crippen molar-refractivity contribution < 1.29 is 42.2 Å². The Morgan fingerprint density at radius 1 is 0.481 bits per heavy atom. The smallest absolute Gasteiger partial charge is 0.338 e. The lowest BCUT2D eigenvalue weighted by Gasteiger charge is -2.07. The van der Waals surface area contributed by atoms with E-state index in [0.29, 0.717) is 45.0 Å². The number of methoxy groups -OCH3 is 1. The Morgan fingerprint density at radius 2 is 0.815 bits per heavy atom. The van der Waals surface area contributed by atoms with E-state index < -0.39 is 17.9 Å². The van der Waals surface area contributed by atoms with E-state index in [1.165, 1.54) is 37.3 Å². The summed E-state index contributed by atoms with van der Waals surface area (Å²) in [5, 5.41) is 0.622. The van der Waals surface area contributed by atoms with Crippen molar-refractivity contribution in [1.29, 1.82) is 0 Å². The zero-order valence-electron chi connectivity index (χ0n) is 29.8. The first-order chi connectivity index (χ1) is 25.7. The van der Waals surface area contributed by atoms with Gasteiger partial charge in [-0.2, -0.15) is 0 Å². The van der Waals surface area contributed by atoms with Crippen LogP contribution in [0.5, 0.6) is 23.0 Å². The van der Waals surface area contributed by atoms with Crippen LogP contribution >= 0.6 is 0 Å². The summed E-state index contributed by atoms with van der Waals surface area (Å²) < 4.78 is 32.2. The quantitative estimate of drug-likeness (QED) is 0.0804. The average Bonchev–Trinajstić information content (AvgIpc) is 3.15. The van der Waals surface area contributed by atoms with Crippen LogP contribution in [0.25, 0.3) is 44.6 Å². The van der Waals surface area contributed by atoms with Crippen molar-refractivity contribution in [3.63, 3.8) is 0 Å². The van der Waals surface area contributed by atoms with Crippen molar-refractivity contribution in [3.8, 4) is 45.6 Å². The number of carbonyl (C=O) groups excluding carboxylic acids is 3. The molecule has 6 rings (SSSR count). The molecule has 0 aliphatic heterocycles. The summed E-state index contributed by atoms with van der Waals surface area (Å²) in [5.74, 6) is 0.747. The van der Waals surface area contributed by atoms with Crippen LogP contribution in [0.3, 0.4) is 0 Å². The van der Waals surface area contributed by atoms with Crippen LogP contribution in [0.1, 0.15) is 20.8 Å². The van der Waals surface area contributed by atoms with Gasteiger partial charge in [0, 0.05) is 40.0 Å². The fourth-order valence-electron chi connectivity index (χ4n) is 4.71. The lowest BCUT2D eigenvalue weighted by atomic mass is 10.1. The molecule has 4 aromatic carbocycles. The van der Waals surface area contributed by atoms with Gasteiger partial charge in [-0.15, -0.1) is 0 Å². The molecule has 0 spiro atoms. The van der Waals surface area contributed by atoms with Gasteiger partial charge in [0.1, 0.15) is 45.7 Å². The van der Waals surface area contributed by atoms with Gasteiger partial charge in [0.05, 0.1) is 17.9 Å². The summed E-state index contributed by atoms with van der Waals surface area (Å²) >= 11 is 0. The Bertz CT molecular complexity index is 2570. The van der Waals surface area contributed by atoms with E-state index in [2.05, 4.69) is 19.7 Å². The van der Waals surface area contributed by atoms with Crippen molar-refractivity contribution in [2.24, 2.45) is 0 Å². The van der Waals surface area contributed by atoms with Crippen molar-refractivity contribution >= 4 is 39.8 Å². The molecule has 0 aliphatic rings. The molecule has 0 saturated carbocycles. The summed E-state index contributed by atoms with van der Waals surface area (Å²) in [6.45, 7) is 15.2. The zero-order chi connectivity index (χ0) is 39.1. The van der Waals surface area contributed by atoms with Gasteiger partial charge < -0.3 is 27.8 Å². The number of benzene rings is 4. The van der Waals surface area contributed by atoms with E-state index in [4.69, 9.17) is 27.8 Å². The highest BCUT2D eigenvalue weighted by Crippen LogP contribution is 2.28. The number of esters is 3. The predicted molar refractivity (Wildman–Crippen MR) is 204 cm³/mol. The molecule has 0 atom stereocenters. The van der Waals surface area contributed by atoms with Gasteiger partial charge in [0.25, 0.3) is 0 Å². The topological polar surface area (TPSA) is 149 Å². The maximum atomic E-state index is 12.5. The molecule has 54 heavy (non-hydrogen) atoms. The minimum atomic E-state index is -0.571. The molecule has 0 fully saturated rings. The minimum Gasteiger partial charge on any atom is -0.497 e. The van der Waals surface area contributed by atoms with Gasteiger partial charge in [0.2, 0.25) is 0 Å². The molecule has 6 aromatic rings. The first-order valence-electron chi connectivity index (χ1n) is 16.3. The lowest BCUT2D eigenvalue weighted by Crippen LogP contribution is -2.09. The van der Waals surface area contributed by atoms with Crippen molar-refractivity contribution in [1.82, 2.24) is 0 Å². The third-order valence-electron chi connectivity index (χ3n) is 7.59. The summed E-state index contributed by atoms with van der Waals surface area (Å²) in [6, 6.07) is 25.7. The normalized spacial score (nSPS) is 10.4. The predicted octanol–water partition coefficient (Wildman–Crippen LogP) is 8.37. The fourth-order valence-corrected chi connectivity index (χ4v) is 4.71. The fraction of sp³-hybridized carbons (Fsp3) is 0.0930. The largest absolute Gasteiger partial charge is 0.497 e. The van der Waals surface area contributed by atoms with Gasteiger partial charge in [-0.05, 0) is 106 Å². The molecular formula is C43H34O11. The van der Waals surface area contributed by atoms with Gasteiger partial charge in [-0.25, -0.2) is 14.4 Å². The maximum absolute atomic E-state index is 12.5. The Morgan fingerprint density at radius 3 is 1.17 bits per heavy atom. The van der Waals surface area contributed by atoms with Crippen LogP contribution in [0.2, 0.25) is 0 Å². The monoisotopic (exact) mass is 726 g/mol. The summed E-state index contributed by atoms with van der Waals surface area (Å²) in [7, 11) is 1.59. The van der Waals surface area contributed by atoms with Gasteiger partial charge in [-0.1, -0.05) is 19.7 Å². The molecular weight excluding hydrogens is 692 g/mol. The van der Waals surface area contributed by atoms with E-state index in [1.807, 2.05) is 12.1 Å². The van der Waals surface area contributed by atoms with E-state index in [-0.39, 0.29) is 38.9 Å². The van der Waals surface area contributed by atoms with Gasteiger partial charge in [0.15, 0.2) is 10.9 Å². The number of hydrogen-bond acceptors (Lipinski definition) is 11. The Labute approximate surface area is 309 Å². The standard InChI is InChI=1S/C23H18O6.C20H16O5/c1-13(2)22(25)27-16-7-5-15(6-8-16)21-12-19(24)18-11-17(9-10-20(18)29-21)28-23(26)14(3)4;1-12(2)20(22)24-15-8-9-18-16(10-15)17(21)11-19(25-18)13-4-6-14(23-3)7-5-13/h5-12H,1,3H2,2,4H3;4-11H,1H2,2-3H3. The molecule has 0 amide bonds. The first-order valence-corrected chi connectivity index (χ1v) is 16.3. The molecule has 0 aliphatic carbocycles. The van der Waals surface area contributed by atoms with E-state index in [9.17, 15) is 24.0 Å². The Hall–Kier alpha value is -7.27. The highest BCUT2D eigenvalue weighted by Gasteiger charge is 2.13. The molecule has 0 radical (unpaired) electrons. The second-order valence-corrected chi connectivity index (χ2v) is 12.0. The molecule has 0 unspecified atom stereocenters. The third kappa shape index (κ3) is 9.14. The molecule has 0 saturated heterocycles. The second kappa shape index (κ2) is 16.4. The highest BCUT2D eigenvalue weighted by atomic mass is 16.5. The number of carbonyl (C=O) groups is 3. The molecule has 0 N–H and O–H groups in total. The van der Waals surface area contributed by atoms with Crippen molar-refractivity contribution in [3.05, 3.63) is 154 Å². The number of hydrogen-bond donors (Lipinski definition) is 0. The van der Waals surface area contributed by atoms with Gasteiger partial charge in [-0.3, -0.25) is 9.59 Å². The highest BCUT2D eigenvalue weighted by molar-refractivity contribution is 5.91. The van der Waals surface area contributed by atoms with Crippen LogP contribution in [-0.2, 0) is 14.4 Å². The zero-order valence-corrected chi connectivity index (χ0v) is 29.8.